The zero-order valence-electron chi connectivity index (χ0n) is 11.8. The van der Waals surface area contributed by atoms with Crippen molar-refractivity contribution >= 4 is 21.7 Å². The monoisotopic (exact) mass is 318 g/mol. The number of hydrogen-bond acceptors (Lipinski definition) is 4. The summed E-state index contributed by atoms with van der Waals surface area (Å²) in [6.07, 6.45) is 5.01. The Morgan fingerprint density at radius 3 is 2.59 bits per heavy atom. The van der Waals surface area contributed by atoms with Crippen LogP contribution in [0.1, 0.15) is 16.1 Å². The average Bonchev–Trinajstić information content (AvgIpc) is 2.90. The van der Waals surface area contributed by atoms with Crippen LogP contribution in [0.5, 0.6) is 0 Å². The van der Waals surface area contributed by atoms with Crippen molar-refractivity contribution in [2.45, 2.75) is 11.8 Å². The third kappa shape index (κ3) is 3.72. The molecule has 1 amide bonds. The Labute approximate surface area is 128 Å². The van der Waals surface area contributed by atoms with Crippen molar-refractivity contribution in [1.29, 1.82) is 0 Å². The van der Waals surface area contributed by atoms with Crippen LogP contribution < -0.4 is 10.0 Å². The van der Waals surface area contributed by atoms with E-state index in [9.17, 15) is 13.2 Å². The molecule has 1 aromatic carbocycles. The second-order valence-electron chi connectivity index (χ2n) is 4.44. The van der Waals surface area contributed by atoms with Gasteiger partial charge in [-0.15, -0.1) is 6.42 Å². The van der Waals surface area contributed by atoms with Gasteiger partial charge in [0.05, 0.1) is 11.4 Å². The molecule has 2 rings (SSSR count). The molecule has 7 nitrogen and oxygen atoms in total. The first-order chi connectivity index (χ1) is 10.4. The molecule has 0 aliphatic carbocycles. The third-order valence-electron chi connectivity index (χ3n) is 2.74. The molecule has 114 valence electrons. The molecular weight excluding hydrogens is 304 g/mol. The highest BCUT2D eigenvalue weighted by Crippen LogP contribution is 2.12. The fraction of sp³-hybridized carbons (Fsp3) is 0.143. The van der Waals surface area contributed by atoms with Crippen LogP contribution in [-0.2, 0) is 10.0 Å². The maximum Gasteiger partial charge on any atom is 0.256 e. The first kappa shape index (κ1) is 15.8. The molecule has 8 heteroatoms. The second-order valence-corrected chi connectivity index (χ2v) is 6.21. The van der Waals surface area contributed by atoms with Crippen LogP contribution in [0.3, 0.4) is 0 Å². The molecule has 0 spiro atoms. The number of nitrogens with one attached hydrogen (secondary N) is 3. The number of amides is 1. The van der Waals surface area contributed by atoms with Crippen LogP contribution in [0.2, 0.25) is 0 Å². The molecule has 0 atom stereocenters. The number of nitrogens with zero attached hydrogens (tertiary/aromatic N) is 1. The summed E-state index contributed by atoms with van der Waals surface area (Å²) in [6, 6.07) is 7.19. The summed E-state index contributed by atoms with van der Waals surface area (Å²) in [6.45, 7) is 1.72. The molecule has 0 saturated carbocycles. The summed E-state index contributed by atoms with van der Waals surface area (Å²) < 4.78 is 25.9. The summed E-state index contributed by atoms with van der Waals surface area (Å²) in [7, 11) is -3.66. The van der Waals surface area contributed by atoms with Crippen molar-refractivity contribution in [3.8, 4) is 12.3 Å². The lowest BCUT2D eigenvalue weighted by Gasteiger charge is -2.05. The maximum absolute atomic E-state index is 12.0. The van der Waals surface area contributed by atoms with Crippen LogP contribution in [0, 0.1) is 19.3 Å². The molecule has 1 aromatic heterocycles. The molecular formula is C14H14N4O3S. The van der Waals surface area contributed by atoms with E-state index < -0.39 is 10.0 Å². The van der Waals surface area contributed by atoms with Crippen molar-refractivity contribution in [3.63, 3.8) is 0 Å². The van der Waals surface area contributed by atoms with Crippen molar-refractivity contribution in [3.05, 3.63) is 41.6 Å². The number of carbonyl (C=O) groups excluding carboxylic acids is 1. The molecule has 22 heavy (non-hydrogen) atoms. The van der Waals surface area contributed by atoms with Gasteiger partial charge < -0.3 is 5.32 Å². The van der Waals surface area contributed by atoms with Gasteiger partial charge in [-0.25, -0.2) is 8.42 Å². The number of terminal acetylenes is 1. The van der Waals surface area contributed by atoms with E-state index >= 15 is 0 Å². The number of hydrogen-bond donors (Lipinski definition) is 3. The number of anilines is 1. The quantitative estimate of drug-likeness (QED) is 0.712. The third-order valence-corrected chi connectivity index (χ3v) is 4.16. The van der Waals surface area contributed by atoms with Gasteiger partial charge in [0, 0.05) is 17.3 Å². The summed E-state index contributed by atoms with van der Waals surface area (Å²) in [4.78, 5) is 12.0. The smallest absolute Gasteiger partial charge is 0.256 e. The van der Waals surface area contributed by atoms with E-state index in [1.807, 2.05) is 6.92 Å². The SMILES string of the molecule is C#CCNS(=O)(=O)c1ccc(C(=O)Nc2cc(C)[nH]n2)cc1. The number of benzene rings is 1. The Morgan fingerprint density at radius 1 is 1.36 bits per heavy atom. The van der Waals surface area contributed by atoms with Crippen molar-refractivity contribution < 1.29 is 13.2 Å². The van der Waals surface area contributed by atoms with E-state index in [2.05, 4.69) is 26.2 Å². The van der Waals surface area contributed by atoms with Crippen LogP contribution in [0.4, 0.5) is 5.82 Å². The minimum atomic E-state index is -3.66. The Hall–Kier alpha value is -2.63. The first-order valence-electron chi connectivity index (χ1n) is 6.29. The minimum absolute atomic E-state index is 0.0370. The number of carbonyl (C=O) groups is 1. The molecule has 1 heterocycles. The Morgan fingerprint density at radius 2 is 2.05 bits per heavy atom. The summed E-state index contributed by atoms with van der Waals surface area (Å²) in [5.74, 6) is 2.20. The molecule has 3 N–H and O–H groups in total. The van der Waals surface area contributed by atoms with Crippen molar-refractivity contribution in [1.82, 2.24) is 14.9 Å². The number of sulfonamides is 1. The Bertz CT molecular complexity index is 817. The lowest BCUT2D eigenvalue weighted by Crippen LogP contribution is -2.24. The van der Waals surface area contributed by atoms with Crippen molar-refractivity contribution in [2.24, 2.45) is 0 Å². The van der Waals surface area contributed by atoms with Gasteiger partial charge >= 0.3 is 0 Å². The number of aryl methyl sites for hydroxylation is 1. The molecule has 2 aromatic rings. The first-order valence-corrected chi connectivity index (χ1v) is 7.77. The second kappa shape index (κ2) is 6.43. The number of H-pyrrole nitrogens is 1. The number of aromatic amines is 1. The summed E-state index contributed by atoms with van der Waals surface area (Å²) in [5.41, 5.74) is 1.13. The normalized spacial score (nSPS) is 10.9. The average molecular weight is 318 g/mol. The van der Waals surface area contributed by atoms with E-state index in [4.69, 9.17) is 6.42 Å². The van der Waals surface area contributed by atoms with Crippen LogP contribution in [-0.4, -0.2) is 31.1 Å². The standard InChI is InChI=1S/C14H14N4O3S/c1-3-8-15-22(20,21)12-6-4-11(5-7-12)14(19)16-13-9-10(2)17-18-13/h1,4-7,9,15H,8H2,2H3,(H2,16,17,18,19). The van der Waals surface area contributed by atoms with Gasteiger partial charge in [-0.05, 0) is 31.2 Å². The minimum Gasteiger partial charge on any atom is -0.305 e. The van der Waals surface area contributed by atoms with E-state index in [1.54, 1.807) is 6.07 Å². The molecule has 0 saturated heterocycles. The van der Waals surface area contributed by atoms with E-state index in [-0.39, 0.29) is 17.3 Å². The molecule has 0 aliphatic heterocycles. The van der Waals surface area contributed by atoms with Gasteiger partial charge in [-0.2, -0.15) is 9.82 Å². The molecule has 0 fully saturated rings. The molecule has 0 radical (unpaired) electrons. The lowest BCUT2D eigenvalue weighted by molar-refractivity contribution is 0.102. The lowest BCUT2D eigenvalue weighted by atomic mass is 10.2. The van der Waals surface area contributed by atoms with E-state index in [1.165, 1.54) is 24.3 Å². The van der Waals surface area contributed by atoms with Crippen LogP contribution in [0.25, 0.3) is 0 Å². The van der Waals surface area contributed by atoms with Gasteiger partial charge in [0.15, 0.2) is 5.82 Å². The highest BCUT2D eigenvalue weighted by Gasteiger charge is 2.14. The highest BCUT2D eigenvalue weighted by atomic mass is 32.2. The van der Waals surface area contributed by atoms with Gasteiger partial charge in [0.2, 0.25) is 10.0 Å². The maximum atomic E-state index is 12.0. The summed E-state index contributed by atoms with van der Waals surface area (Å²) >= 11 is 0. The zero-order valence-corrected chi connectivity index (χ0v) is 12.6. The number of aromatic nitrogens is 2. The van der Waals surface area contributed by atoms with Crippen LogP contribution in [0.15, 0.2) is 35.2 Å². The Balaban J connectivity index is 2.11. The number of rotatable bonds is 5. The molecule has 0 bridgehead atoms. The van der Waals surface area contributed by atoms with Crippen LogP contribution >= 0.6 is 0 Å². The van der Waals surface area contributed by atoms with Crippen molar-refractivity contribution in [2.75, 3.05) is 11.9 Å². The van der Waals surface area contributed by atoms with E-state index in [0.29, 0.717) is 11.4 Å². The van der Waals surface area contributed by atoms with E-state index in [0.717, 1.165) is 5.69 Å². The molecule has 0 unspecified atom stereocenters. The predicted molar refractivity (Wildman–Crippen MR) is 81.7 cm³/mol. The molecule has 0 aliphatic rings. The Kier molecular flexibility index (Phi) is 4.60. The fourth-order valence-electron chi connectivity index (χ4n) is 1.68. The zero-order chi connectivity index (χ0) is 16.2. The predicted octanol–water partition coefficient (Wildman–Crippen LogP) is 0.882. The largest absolute Gasteiger partial charge is 0.305 e. The summed E-state index contributed by atoms with van der Waals surface area (Å²) in [5, 5.41) is 9.19. The highest BCUT2D eigenvalue weighted by molar-refractivity contribution is 7.89. The van der Waals surface area contributed by atoms with Gasteiger partial charge in [0.1, 0.15) is 0 Å². The van der Waals surface area contributed by atoms with Gasteiger partial charge in [-0.1, -0.05) is 5.92 Å². The van der Waals surface area contributed by atoms with Gasteiger partial charge in [0.25, 0.3) is 5.91 Å². The fourth-order valence-corrected chi connectivity index (χ4v) is 2.61. The van der Waals surface area contributed by atoms with Gasteiger partial charge in [-0.3, -0.25) is 9.89 Å². The topological polar surface area (TPSA) is 104 Å².